The van der Waals surface area contributed by atoms with Gasteiger partial charge in [0.2, 0.25) is 0 Å². The van der Waals surface area contributed by atoms with Crippen molar-refractivity contribution in [3.8, 4) is 11.5 Å². The number of carbonyl (C=O) groups is 2. The van der Waals surface area contributed by atoms with Gasteiger partial charge < -0.3 is 14.9 Å². The second-order valence-corrected chi connectivity index (χ2v) is 8.24. The van der Waals surface area contributed by atoms with Gasteiger partial charge in [-0.25, -0.2) is 0 Å². The second-order valence-electron chi connectivity index (χ2n) is 8.24. The largest absolute Gasteiger partial charge is 0.508 e. The predicted molar refractivity (Wildman–Crippen MR) is 126 cm³/mol. The van der Waals surface area contributed by atoms with Gasteiger partial charge in [-0.05, 0) is 74.4 Å². The molecule has 3 aromatic carbocycles. The number of rotatable bonds is 5. The summed E-state index contributed by atoms with van der Waals surface area (Å²) in [4.78, 5) is 27.8. The molecule has 0 aliphatic carbocycles. The van der Waals surface area contributed by atoms with Gasteiger partial charge in [-0.15, -0.1) is 0 Å². The average molecular weight is 443 g/mol. The molecule has 4 rings (SSSR count). The molecule has 2 N–H and O–H groups in total. The SMILES string of the molecule is Cc1ccccc1N1C(=O)C(=O)/C(=C(\O)c2ccc(OC(C)C)cc2)C1c1cccc(O)c1. The second kappa shape index (κ2) is 8.82. The summed E-state index contributed by atoms with van der Waals surface area (Å²) in [7, 11) is 0. The molecule has 6 heteroatoms. The lowest BCUT2D eigenvalue weighted by Gasteiger charge is -2.26. The molecule has 0 spiro atoms. The number of aliphatic hydroxyl groups is 1. The smallest absolute Gasteiger partial charge is 0.300 e. The summed E-state index contributed by atoms with van der Waals surface area (Å²) in [6, 6.07) is 19.4. The highest BCUT2D eigenvalue weighted by molar-refractivity contribution is 6.51. The molecule has 1 atom stereocenters. The van der Waals surface area contributed by atoms with Crippen molar-refractivity contribution < 1.29 is 24.5 Å². The van der Waals surface area contributed by atoms with Crippen molar-refractivity contribution >= 4 is 23.1 Å². The number of nitrogens with zero attached hydrogens (tertiary/aromatic N) is 1. The van der Waals surface area contributed by atoms with Crippen molar-refractivity contribution in [2.45, 2.75) is 32.9 Å². The molecule has 1 amide bonds. The molecule has 33 heavy (non-hydrogen) atoms. The number of Topliss-reactive ketones (excluding diaryl/α,β-unsaturated/α-hetero) is 1. The van der Waals surface area contributed by atoms with E-state index >= 15 is 0 Å². The van der Waals surface area contributed by atoms with E-state index in [-0.39, 0.29) is 23.2 Å². The average Bonchev–Trinajstić information content (AvgIpc) is 3.04. The summed E-state index contributed by atoms with van der Waals surface area (Å²) in [5.74, 6) is -1.18. The Kier molecular flexibility index (Phi) is 5.92. The van der Waals surface area contributed by atoms with E-state index in [9.17, 15) is 19.8 Å². The normalized spacial score (nSPS) is 17.6. The number of hydrogen-bond donors (Lipinski definition) is 2. The first kappa shape index (κ1) is 22.1. The van der Waals surface area contributed by atoms with Crippen molar-refractivity contribution in [3.05, 3.63) is 95.1 Å². The van der Waals surface area contributed by atoms with Gasteiger partial charge >= 0.3 is 0 Å². The fourth-order valence-electron chi connectivity index (χ4n) is 4.04. The van der Waals surface area contributed by atoms with Gasteiger partial charge in [-0.3, -0.25) is 14.5 Å². The number of para-hydroxylation sites is 1. The highest BCUT2D eigenvalue weighted by Crippen LogP contribution is 2.43. The third-order valence-electron chi connectivity index (χ3n) is 5.50. The van der Waals surface area contributed by atoms with Crippen LogP contribution in [0.1, 0.15) is 36.6 Å². The predicted octanol–water partition coefficient (Wildman–Crippen LogP) is 5.11. The molecule has 1 saturated heterocycles. The van der Waals surface area contributed by atoms with Gasteiger partial charge in [-0.1, -0.05) is 30.3 Å². The van der Waals surface area contributed by atoms with E-state index < -0.39 is 17.7 Å². The molecule has 1 aliphatic rings. The van der Waals surface area contributed by atoms with Crippen LogP contribution in [0.4, 0.5) is 5.69 Å². The first-order valence-corrected chi connectivity index (χ1v) is 10.7. The molecule has 0 aromatic heterocycles. The molecule has 1 fully saturated rings. The zero-order chi connectivity index (χ0) is 23.7. The van der Waals surface area contributed by atoms with Crippen LogP contribution >= 0.6 is 0 Å². The number of amides is 1. The molecule has 0 saturated carbocycles. The van der Waals surface area contributed by atoms with E-state index in [0.717, 1.165) is 5.56 Å². The lowest BCUT2D eigenvalue weighted by Crippen LogP contribution is -2.30. The Morgan fingerprint density at radius 1 is 0.970 bits per heavy atom. The number of aryl methyl sites for hydroxylation is 1. The van der Waals surface area contributed by atoms with Crippen molar-refractivity contribution in [2.24, 2.45) is 0 Å². The zero-order valence-corrected chi connectivity index (χ0v) is 18.6. The number of carbonyl (C=O) groups excluding carboxylic acids is 2. The standard InChI is InChI=1S/C27H25NO5/c1-16(2)33-21-13-11-18(12-14-21)25(30)23-24(19-8-6-9-20(29)15-19)28(27(32)26(23)31)22-10-5-4-7-17(22)3/h4-16,24,29-30H,1-3H3/b25-23-. The van der Waals surface area contributed by atoms with Crippen LogP contribution in [0.25, 0.3) is 5.76 Å². The molecule has 0 radical (unpaired) electrons. The minimum Gasteiger partial charge on any atom is -0.508 e. The minimum absolute atomic E-state index is 0.00180. The van der Waals surface area contributed by atoms with E-state index in [1.54, 1.807) is 48.5 Å². The number of benzene rings is 3. The van der Waals surface area contributed by atoms with E-state index in [4.69, 9.17) is 4.74 Å². The van der Waals surface area contributed by atoms with Crippen LogP contribution in [0.5, 0.6) is 11.5 Å². The van der Waals surface area contributed by atoms with Gasteiger partial charge in [0.05, 0.1) is 17.7 Å². The van der Waals surface area contributed by atoms with Crippen molar-refractivity contribution in [1.82, 2.24) is 0 Å². The summed E-state index contributed by atoms with van der Waals surface area (Å²) in [5.41, 5.74) is 2.23. The quantitative estimate of drug-likeness (QED) is 0.325. The number of hydrogen-bond acceptors (Lipinski definition) is 5. The molecular weight excluding hydrogens is 418 g/mol. The van der Waals surface area contributed by atoms with Gasteiger partial charge in [0.15, 0.2) is 0 Å². The monoisotopic (exact) mass is 443 g/mol. The number of anilines is 1. The summed E-state index contributed by atoms with van der Waals surface area (Å²) >= 11 is 0. The van der Waals surface area contributed by atoms with Crippen LogP contribution in [-0.4, -0.2) is 28.0 Å². The minimum atomic E-state index is -0.898. The summed E-state index contributed by atoms with van der Waals surface area (Å²) < 4.78 is 5.65. The zero-order valence-electron chi connectivity index (χ0n) is 18.6. The van der Waals surface area contributed by atoms with Crippen LogP contribution in [0.3, 0.4) is 0 Å². The maximum atomic E-state index is 13.2. The van der Waals surface area contributed by atoms with Crippen molar-refractivity contribution in [1.29, 1.82) is 0 Å². The van der Waals surface area contributed by atoms with E-state index in [0.29, 0.717) is 22.6 Å². The maximum absolute atomic E-state index is 13.2. The topological polar surface area (TPSA) is 87.1 Å². The van der Waals surface area contributed by atoms with Gasteiger partial charge in [0, 0.05) is 11.3 Å². The Morgan fingerprint density at radius 2 is 1.67 bits per heavy atom. The first-order chi connectivity index (χ1) is 15.8. The number of ether oxygens (including phenoxy) is 1. The highest BCUT2D eigenvalue weighted by atomic mass is 16.5. The molecule has 3 aromatic rings. The third-order valence-corrected chi connectivity index (χ3v) is 5.50. The number of ketones is 1. The molecule has 1 aliphatic heterocycles. The highest BCUT2D eigenvalue weighted by Gasteiger charge is 2.47. The number of aromatic hydroxyl groups is 1. The van der Waals surface area contributed by atoms with Gasteiger partial charge in [-0.2, -0.15) is 0 Å². The third kappa shape index (κ3) is 4.20. The Balaban J connectivity index is 1.89. The first-order valence-electron chi connectivity index (χ1n) is 10.7. The molecule has 1 heterocycles. The van der Waals surface area contributed by atoms with E-state index in [2.05, 4.69) is 0 Å². The van der Waals surface area contributed by atoms with Crippen LogP contribution < -0.4 is 9.64 Å². The Morgan fingerprint density at radius 3 is 2.30 bits per heavy atom. The Hall–Kier alpha value is -4.06. The van der Waals surface area contributed by atoms with Crippen LogP contribution in [-0.2, 0) is 9.59 Å². The van der Waals surface area contributed by atoms with E-state index in [1.165, 1.54) is 17.0 Å². The van der Waals surface area contributed by atoms with Crippen molar-refractivity contribution in [2.75, 3.05) is 4.90 Å². The van der Waals surface area contributed by atoms with Crippen LogP contribution in [0.15, 0.2) is 78.4 Å². The van der Waals surface area contributed by atoms with Crippen molar-refractivity contribution in [3.63, 3.8) is 0 Å². The number of phenolic OH excluding ortho intramolecular Hbond substituents is 1. The lowest BCUT2D eigenvalue weighted by atomic mass is 9.94. The van der Waals surface area contributed by atoms with Crippen LogP contribution in [0.2, 0.25) is 0 Å². The molecule has 168 valence electrons. The summed E-state index contributed by atoms with van der Waals surface area (Å²) in [6.07, 6.45) is -0.00496. The summed E-state index contributed by atoms with van der Waals surface area (Å²) in [6.45, 7) is 5.67. The number of phenols is 1. The Bertz CT molecular complexity index is 1240. The van der Waals surface area contributed by atoms with Gasteiger partial charge in [0.1, 0.15) is 17.3 Å². The Labute approximate surface area is 192 Å². The van der Waals surface area contributed by atoms with Crippen LogP contribution in [0, 0.1) is 6.92 Å². The molecule has 0 bridgehead atoms. The number of aliphatic hydroxyl groups excluding tert-OH is 1. The molecule has 1 unspecified atom stereocenters. The molecular formula is C27H25NO5. The lowest BCUT2D eigenvalue weighted by molar-refractivity contribution is -0.132. The molecule has 6 nitrogen and oxygen atoms in total. The fraction of sp³-hybridized carbons (Fsp3) is 0.185. The fourth-order valence-corrected chi connectivity index (χ4v) is 4.04. The maximum Gasteiger partial charge on any atom is 0.300 e. The van der Waals surface area contributed by atoms with E-state index in [1.807, 2.05) is 32.9 Å². The van der Waals surface area contributed by atoms with Gasteiger partial charge in [0.25, 0.3) is 11.7 Å². The summed E-state index contributed by atoms with van der Waals surface area (Å²) in [5, 5.41) is 21.3.